The van der Waals surface area contributed by atoms with Crippen LogP contribution in [0.5, 0.6) is 0 Å². The van der Waals surface area contributed by atoms with Gasteiger partial charge in [0.1, 0.15) is 0 Å². The number of carbonyl (C=O) groups is 2. The van der Waals surface area contributed by atoms with E-state index < -0.39 is 5.97 Å². The number of anilines is 1. The number of benzene rings is 1. The van der Waals surface area contributed by atoms with Crippen molar-refractivity contribution in [2.24, 2.45) is 0 Å². The monoisotopic (exact) mass is 257 g/mol. The van der Waals surface area contributed by atoms with Gasteiger partial charge in [0, 0.05) is 17.8 Å². The van der Waals surface area contributed by atoms with Crippen LogP contribution in [0.2, 0.25) is 0 Å². The van der Waals surface area contributed by atoms with E-state index in [2.05, 4.69) is 15.5 Å². The van der Waals surface area contributed by atoms with E-state index in [9.17, 15) is 9.59 Å². The minimum absolute atomic E-state index is 0.285. The first-order chi connectivity index (χ1) is 9.15. The van der Waals surface area contributed by atoms with Gasteiger partial charge in [-0.3, -0.25) is 9.89 Å². The number of aliphatic carboxylic acids is 1. The minimum atomic E-state index is -1.03. The summed E-state index contributed by atoms with van der Waals surface area (Å²) in [4.78, 5) is 22.3. The first kappa shape index (κ1) is 12.6. The van der Waals surface area contributed by atoms with E-state index in [1.54, 1.807) is 30.5 Å². The number of carbonyl (C=O) groups excluding carboxylic acids is 1. The van der Waals surface area contributed by atoms with Crippen LogP contribution in [0.3, 0.4) is 0 Å². The van der Waals surface area contributed by atoms with Crippen molar-refractivity contribution >= 4 is 23.6 Å². The molecule has 0 fully saturated rings. The smallest absolute Gasteiger partial charge is 0.328 e. The lowest BCUT2D eigenvalue weighted by Gasteiger charge is -2.03. The number of hydrogen-bond donors (Lipinski definition) is 3. The van der Waals surface area contributed by atoms with Crippen molar-refractivity contribution in [2.75, 3.05) is 5.32 Å². The molecule has 3 N–H and O–H groups in total. The molecule has 0 spiro atoms. The second kappa shape index (κ2) is 5.63. The molecule has 2 rings (SSSR count). The van der Waals surface area contributed by atoms with Gasteiger partial charge in [0.2, 0.25) is 0 Å². The molecule has 6 nitrogen and oxygen atoms in total. The molecule has 0 saturated carbocycles. The fourth-order valence-corrected chi connectivity index (χ4v) is 1.47. The first-order valence-corrected chi connectivity index (χ1v) is 5.46. The molecule has 96 valence electrons. The number of aromatic amines is 1. The van der Waals surface area contributed by atoms with Crippen molar-refractivity contribution in [3.63, 3.8) is 0 Å². The fraction of sp³-hybridized carbons (Fsp3) is 0. The largest absolute Gasteiger partial charge is 0.478 e. The van der Waals surface area contributed by atoms with Crippen molar-refractivity contribution in [3.05, 3.63) is 53.9 Å². The highest BCUT2D eigenvalue weighted by atomic mass is 16.4. The Hall–Kier alpha value is -2.89. The van der Waals surface area contributed by atoms with E-state index in [-0.39, 0.29) is 5.91 Å². The third-order valence-electron chi connectivity index (χ3n) is 2.32. The van der Waals surface area contributed by atoms with Crippen LogP contribution in [0.25, 0.3) is 6.08 Å². The van der Waals surface area contributed by atoms with Gasteiger partial charge in [0.05, 0.1) is 11.9 Å². The summed E-state index contributed by atoms with van der Waals surface area (Å²) in [6, 6.07) is 6.66. The quantitative estimate of drug-likeness (QED) is 0.727. The molecule has 0 radical (unpaired) electrons. The molecule has 1 aromatic heterocycles. The van der Waals surface area contributed by atoms with E-state index in [1.807, 2.05) is 0 Å². The molecular formula is C13H11N3O3. The fourth-order valence-electron chi connectivity index (χ4n) is 1.47. The molecule has 0 aliphatic heterocycles. The zero-order valence-electron chi connectivity index (χ0n) is 9.83. The third kappa shape index (κ3) is 3.53. The van der Waals surface area contributed by atoms with Crippen molar-refractivity contribution in [3.8, 4) is 0 Å². The van der Waals surface area contributed by atoms with Crippen molar-refractivity contribution in [1.29, 1.82) is 0 Å². The molecule has 0 bridgehead atoms. The van der Waals surface area contributed by atoms with Gasteiger partial charge in [0.25, 0.3) is 5.91 Å². The number of H-pyrrole nitrogens is 1. The van der Waals surface area contributed by atoms with Crippen LogP contribution in [0.1, 0.15) is 15.9 Å². The third-order valence-corrected chi connectivity index (χ3v) is 2.32. The van der Waals surface area contributed by atoms with Crippen LogP contribution in [0.15, 0.2) is 42.7 Å². The average Bonchev–Trinajstić information content (AvgIpc) is 2.89. The highest BCUT2D eigenvalue weighted by Crippen LogP contribution is 2.10. The summed E-state index contributed by atoms with van der Waals surface area (Å²) >= 11 is 0. The summed E-state index contributed by atoms with van der Waals surface area (Å²) in [6.45, 7) is 0. The number of nitrogens with zero attached hydrogens (tertiary/aromatic N) is 1. The van der Waals surface area contributed by atoms with E-state index >= 15 is 0 Å². The van der Waals surface area contributed by atoms with Crippen LogP contribution in [-0.2, 0) is 4.79 Å². The van der Waals surface area contributed by atoms with Gasteiger partial charge in [-0.25, -0.2) is 4.79 Å². The molecular weight excluding hydrogens is 246 g/mol. The Balaban J connectivity index is 2.14. The van der Waals surface area contributed by atoms with Crippen molar-refractivity contribution in [1.82, 2.24) is 10.2 Å². The number of aromatic nitrogens is 2. The molecule has 1 heterocycles. The maximum absolute atomic E-state index is 11.9. The number of amides is 1. The number of carboxylic acids is 1. The van der Waals surface area contributed by atoms with E-state index in [4.69, 9.17) is 5.11 Å². The molecule has 6 heteroatoms. The first-order valence-electron chi connectivity index (χ1n) is 5.46. The van der Waals surface area contributed by atoms with Crippen molar-refractivity contribution in [2.45, 2.75) is 0 Å². The van der Waals surface area contributed by atoms with Gasteiger partial charge >= 0.3 is 5.97 Å². The molecule has 19 heavy (non-hydrogen) atoms. The van der Waals surface area contributed by atoms with Crippen molar-refractivity contribution < 1.29 is 14.7 Å². The topological polar surface area (TPSA) is 95.1 Å². The van der Waals surface area contributed by atoms with Crippen LogP contribution in [-0.4, -0.2) is 27.2 Å². The predicted molar refractivity (Wildman–Crippen MR) is 69.7 cm³/mol. The second-order valence-corrected chi connectivity index (χ2v) is 3.74. The Kier molecular flexibility index (Phi) is 3.72. The highest BCUT2D eigenvalue weighted by molar-refractivity contribution is 6.04. The van der Waals surface area contributed by atoms with Gasteiger partial charge in [-0.05, 0) is 23.8 Å². The predicted octanol–water partition coefficient (Wildman–Crippen LogP) is 1.76. The molecule has 0 atom stereocenters. The normalized spacial score (nSPS) is 10.5. The summed E-state index contributed by atoms with van der Waals surface area (Å²) in [7, 11) is 0. The molecule has 2 aromatic rings. The number of carboxylic acid groups (broad SMARTS) is 1. The van der Waals surface area contributed by atoms with E-state index in [1.165, 1.54) is 12.3 Å². The Labute approximate surface area is 108 Å². The molecule has 0 aliphatic rings. The van der Waals surface area contributed by atoms with Gasteiger partial charge in [-0.15, -0.1) is 0 Å². The second-order valence-electron chi connectivity index (χ2n) is 3.74. The molecule has 1 amide bonds. The van der Waals surface area contributed by atoms with E-state index in [0.29, 0.717) is 16.8 Å². The summed E-state index contributed by atoms with van der Waals surface area (Å²) in [5, 5.41) is 17.5. The number of hydrogen-bond acceptors (Lipinski definition) is 3. The Morgan fingerprint density at radius 1 is 1.37 bits per heavy atom. The summed E-state index contributed by atoms with van der Waals surface area (Å²) in [5.74, 6) is -1.32. The molecule has 0 saturated heterocycles. The molecule has 0 aliphatic carbocycles. The Morgan fingerprint density at radius 3 is 2.89 bits per heavy atom. The van der Waals surface area contributed by atoms with Crippen LogP contribution in [0.4, 0.5) is 5.69 Å². The lowest BCUT2D eigenvalue weighted by atomic mass is 10.1. The number of rotatable bonds is 4. The number of nitrogens with one attached hydrogen (secondary N) is 2. The SMILES string of the molecule is O=C(O)/C=C/c1cccc(C(=O)Nc2cn[nH]c2)c1. The van der Waals surface area contributed by atoms with Crippen LogP contribution < -0.4 is 5.32 Å². The summed E-state index contributed by atoms with van der Waals surface area (Å²) < 4.78 is 0. The van der Waals surface area contributed by atoms with Gasteiger partial charge < -0.3 is 10.4 Å². The zero-order valence-corrected chi connectivity index (χ0v) is 9.83. The summed E-state index contributed by atoms with van der Waals surface area (Å²) in [6.07, 6.45) is 5.50. The molecule has 0 unspecified atom stereocenters. The van der Waals surface area contributed by atoms with Gasteiger partial charge in [0.15, 0.2) is 0 Å². The highest BCUT2D eigenvalue weighted by Gasteiger charge is 2.06. The summed E-state index contributed by atoms with van der Waals surface area (Å²) in [5.41, 5.74) is 1.65. The van der Waals surface area contributed by atoms with Gasteiger partial charge in [-0.1, -0.05) is 12.1 Å². The minimum Gasteiger partial charge on any atom is -0.478 e. The van der Waals surface area contributed by atoms with Gasteiger partial charge in [-0.2, -0.15) is 5.10 Å². The van der Waals surface area contributed by atoms with E-state index in [0.717, 1.165) is 6.08 Å². The van der Waals surface area contributed by atoms with Crippen LogP contribution >= 0.6 is 0 Å². The molecule has 1 aromatic carbocycles. The average molecular weight is 257 g/mol. The Bertz CT molecular complexity index is 618. The zero-order chi connectivity index (χ0) is 13.7. The Morgan fingerprint density at radius 2 is 2.21 bits per heavy atom. The maximum atomic E-state index is 11.9. The lowest BCUT2D eigenvalue weighted by molar-refractivity contribution is -0.131. The lowest BCUT2D eigenvalue weighted by Crippen LogP contribution is -2.11. The standard InChI is InChI=1S/C13H11N3O3/c17-12(18)5-4-9-2-1-3-10(6-9)13(19)16-11-7-14-15-8-11/h1-8H,(H,14,15)(H,16,19)(H,17,18)/b5-4+. The van der Waals surface area contributed by atoms with Crippen LogP contribution in [0, 0.1) is 0 Å². The maximum Gasteiger partial charge on any atom is 0.328 e.